The van der Waals surface area contributed by atoms with E-state index in [4.69, 9.17) is 17.3 Å². The summed E-state index contributed by atoms with van der Waals surface area (Å²) in [5.41, 5.74) is 6.85. The van der Waals surface area contributed by atoms with Crippen molar-refractivity contribution in [3.63, 3.8) is 0 Å². The number of ketones is 1. The van der Waals surface area contributed by atoms with Gasteiger partial charge in [0.1, 0.15) is 5.78 Å². The number of hydrogen-bond donors (Lipinski definition) is 1. The summed E-state index contributed by atoms with van der Waals surface area (Å²) in [7, 11) is 0. The topological polar surface area (TPSA) is 43.1 Å². The van der Waals surface area contributed by atoms with Crippen molar-refractivity contribution in [2.75, 3.05) is 0 Å². The molecule has 2 N–H and O–H groups in total. The first-order valence-electron chi connectivity index (χ1n) is 6.13. The van der Waals surface area contributed by atoms with Gasteiger partial charge < -0.3 is 5.73 Å². The highest BCUT2D eigenvalue weighted by molar-refractivity contribution is 6.31. The van der Waals surface area contributed by atoms with Crippen LogP contribution in [0.3, 0.4) is 0 Å². The molecule has 2 nitrogen and oxygen atoms in total. The quantitative estimate of drug-likeness (QED) is 0.894. The van der Waals surface area contributed by atoms with E-state index in [-0.39, 0.29) is 11.3 Å². The third-order valence-corrected chi connectivity index (χ3v) is 3.86. The van der Waals surface area contributed by atoms with Crippen LogP contribution in [0.5, 0.6) is 0 Å². The molecule has 1 fully saturated rings. The summed E-state index contributed by atoms with van der Waals surface area (Å²) in [5, 5.41) is 0.665. The van der Waals surface area contributed by atoms with Gasteiger partial charge in [-0.15, -0.1) is 0 Å². The first-order valence-corrected chi connectivity index (χ1v) is 6.51. The zero-order valence-electron chi connectivity index (χ0n) is 9.92. The average Bonchev–Trinajstić information content (AvgIpc) is 2.68. The summed E-state index contributed by atoms with van der Waals surface area (Å²) in [6, 6.07) is 7.50. The van der Waals surface area contributed by atoms with Gasteiger partial charge in [-0.2, -0.15) is 0 Å². The molecule has 1 aliphatic rings. The van der Waals surface area contributed by atoms with E-state index in [1.54, 1.807) is 0 Å². The summed E-state index contributed by atoms with van der Waals surface area (Å²) in [5.74, 6) is 0.197. The van der Waals surface area contributed by atoms with Crippen molar-refractivity contribution < 1.29 is 4.79 Å². The fourth-order valence-corrected chi connectivity index (χ4v) is 2.77. The van der Waals surface area contributed by atoms with Crippen LogP contribution in [0, 0.1) is 0 Å². The Morgan fingerprint density at radius 3 is 2.59 bits per heavy atom. The lowest BCUT2D eigenvalue weighted by molar-refractivity contribution is -0.119. The Hall–Kier alpha value is -0.860. The van der Waals surface area contributed by atoms with Gasteiger partial charge >= 0.3 is 0 Å². The molecular formula is C14H18ClNO. The minimum Gasteiger partial charge on any atom is -0.325 e. The zero-order chi connectivity index (χ0) is 12.3. The summed E-state index contributed by atoms with van der Waals surface area (Å²) in [4.78, 5) is 12.0. The Labute approximate surface area is 107 Å². The number of carbonyl (C=O) groups excluding carboxylic acids is 1. The van der Waals surface area contributed by atoms with Crippen molar-refractivity contribution in [2.24, 2.45) is 5.73 Å². The smallest absolute Gasteiger partial charge is 0.139 e. The van der Waals surface area contributed by atoms with Gasteiger partial charge in [0.2, 0.25) is 0 Å². The lowest BCUT2D eigenvalue weighted by atomic mass is 9.90. The molecule has 0 saturated heterocycles. The number of halogens is 1. The van der Waals surface area contributed by atoms with Gasteiger partial charge in [0.15, 0.2) is 0 Å². The largest absolute Gasteiger partial charge is 0.325 e. The number of nitrogens with two attached hydrogens (primary N) is 1. The molecule has 0 radical (unpaired) electrons. The molecule has 2 rings (SSSR count). The third kappa shape index (κ3) is 3.30. The van der Waals surface area contributed by atoms with Crippen molar-refractivity contribution in [2.45, 2.75) is 44.1 Å². The maximum atomic E-state index is 12.0. The molecule has 17 heavy (non-hydrogen) atoms. The molecule has 0 spiro atoms. The summed E-state index contributed by atoms with van der Waals surface area (Å²) in [6.07, 6.45) is 5.13. The van der Waals surface area contributed by atoms with Gasteiger partial charge in [0.25, 0.3) is 0 Å². The van der Waals surface area contributed by atoms with Crippen LogP contribution in [0.2, 0.25) is 5.02 Å². The first-order chi connectivity index (χ1) is 8.09. The first kappa shape index (κ1) is 12.6. The molecule has 1 aromatic rings. The Bertz CT molecular complexity index is 410. The van der Waals surface area contributed by atoms with Gasteiger partial charge in [-0.25, -0.2) is 0 Å². The lowest BCUT2D eigenvalue weighted by Gasteiger charge is -2.22. The van der Waals surface area contributed by atoms with Crippen molar-refractivity contribution >= 4 is 17.4 Å². The molecule has 92 valence electrons. The monoisotopic (exact) mass is 251 g/mol. The van der Waals surface area contributed by atoms with Crippen LogP contribution in [0.4, 0.5) is 0 Å². The second-order valence-corrected chi connectivity index (χ2v) is 5.46. The molecule has 3 heteroatoms. The molecule has 0 heterocycles. The predicted molar refractivity (Wildman–Crippen MR) is 70.2 cm³/mol. The maximum Gasteiger partial charge on any atom is 0.139 e. The second-order valence-electron chi connectivity index (χ2n) is 5.05. The van der Waals surface area contributed by atoms with Crippen molar-refractivity contribution in [3.8, 4) is 0 Å². The van der Waals surface area contributed by atoms with Gasteiger partial charge in [-0.1, -0.05) is 42.6 Å². The number of hydrogen-bond acceptors (Lipinski definition) is 2. The van der Waals surface area contributed by atoms with Crippen LogP contribution < -0.4 is 5.73 Å². The van der Waals surface area contributed by atoms with Crippen LogP contribution >= 0.6 is 11.6 Å². The Balaban J connectivity index is 1.96. The SMILES string of the molecule is NC1(CC(=O)Cc2ccccc2Cl)CCCC1. The van der Waals surface area contributed by atoms with Crippen LogP contribution in [0.1, 0.15) is 37.7 Å². The molecule has 0 bridgehead atoms. The Morgan fingerprint density at radius 2 is 1.94 bits per heavy atom. The molecular weight excluding hydrogens is 234 g/mol. The third-order valence-electron chi connectivity index (χ3n) is 3.49. The standard InChI is InChI=1S/C14H18ClNO/c15-13-6-2-1-5-11(13)9-12(17)10-14(16)7-3-4-8-14/h1-2,5-6H,3-4,7-10,16H2. The van der Waals surface area contributed by atoms with Crippen molar-refractivity contribution in [3.05, 3.63) is 34.9 Å². The van der Waals surface area contributed by atoms with Gasteiger partial charge in [-0.05, 0) is 24.5 Å². The number of carbonyl (C=O) groups is 1. The summed E-state index contributed by atoms with van der Waals surface area (Å²) >= 11 is 6.04. The van der Waals surface area contributed by atoms with Crippen LogP contribution in [0.15, 0.2) is 24.3 Å². The summed E-state index contributed by atoms with van der Waals surface area (Å²) < 4.78 is 0. The number of Topliss-reactive ketones (excluding diaryl/α,β-unsaturated/α-hetero) is 1. The lowest BCUT2D eigenvalue weighted by Crippen LogP contribution is -2.39. The number of rotatable bonds is 4. The molecule has 0 aliphatic heterocycles. The molecule has 1 saturated carbocycles. The fraction of sp³-hybridized carbons (Fsp3) is 0.500. The van der Waals surface area contributed by atoms with E-state index in [0.717, 1.165) is 31.2 Å². The van der Waals surface area contributed by atoms with Crippen LogP contribution in [0.25, 0.3) is 0 Å². The second kappa shape index (κ2) is 5.19. The molecule has 0 atom stereocenters. The normalized spacial score (nSPS) is 18.2. The molecule has 0 amide bonds. The van der Waals surface area contributed by atoms with E-state index >= 15 is 0 Å². The molecule has 0 aromatic heterocycles. The van der Waals surface area contributed by atoms with Gasteiger partial charge in [0, 0.05) is 23.4 Å². The highest BCUT2D eigenvalue weighted by Gasteiger charge is 2.31. The van der Waals surface area contributed by atoms with Crippen molar-refractivity contribution in [1.82, 2.24) is 0 Å². The number of benzene rings is 1. The fourth-order valence-electron chi connectivity index (χ4n) is 2.57. The Morgan fingerprint density at radius 1 is 1.29 bits per heavy atom. The van der Waals surface area contributed by atoms with Gasteiger partial charge in [-0.3, -0.25) is 4.79 Å². The molecule has 1 aromatic carbocycles. The van der Waals surface area contributed by atoms with E-state index in [9.17, 15) is 4.79 Å². The minimum atomic E-state index is -0.252. The predicted octanol–water partition coefficient (Wildman–Crippen LogP) is 3.11. The van der Waals surface area contributed by atoms with E-state index in [0.29, 0.717) is 17.9 Å². The van der Waals surface area contributed by atoms with E-state index < -0.39 is 0 Å². The Kier molecular flexibility index (Phi) is 3.85. The average molecular weight is 252 g/mol. The molecule has 0 unspecified atom stereocenters. The highest BCUT2D eigenvalue weighted by Crippen LogP contribution is 2.30. The minimum absolute atomic E-state index is 0.197. The summed E-state index contributed by atoms with van der Waals surface area (Å²) in [6.45, 7) is 0. The highest BCUT2D eigenvalue weighted by atomic mass is 35.5. The van der Waals surface area contributed by atoms with E-state index in [2.05, 4.69) is 0 Å². The molecule has 1 aliphatic carbocycles. The maximum absolute atomic E-state index is 12.0. The van der Waals surface area contributed by atoms with Crippen LogP contribution in [-0.2, 0) is 11.2 Å². The van der Waals surface area contributed by atoms with Crippen molar-refractivity contribution in [1.29, 1.82) is 0 Å². The van der Waals surface area contributed by atoms with E-state index in [1.165, 1.54) is 0 Å². The van der Waals surface area contributed by atoms with Gasteiger partial charge in [0.05, 0.1) is 0 Å². The van der Waals surface area contributed by atoms with E-state index in [1.807, 2.05) is 24.3 Å². The zero-order valence-corrected chi connectivity index (χ0v) is 10.7. The van der Waals surface area contributed by atoms with Crippen LogP contribution in [-0.4, -0.2) is 11.3 Å².